The Bertz CT molecular complexity index is 843. The number of benzene rings is 1. The molecule has 0 aromatic heterocycles. The molecule has 5 nitrogen and oxygen atoms in total. The zero-order valence-corrected chi connectivity index (χ0v) is 15.7. The van der Waals surface area contributed by atoms with Crippen molar-refractivity contribution in [1.29, 1.82) is 0 Å². The summed E-state index contributed by atoms with van der Waals surface area (Å²) in [4.78, 5) is 21.4. The Morgan fingerprint density at radius 3 is 2.77 bits per heavy atom. The maximum Gasteiger partial charge on any atom is 0.242 e. The molecule has 0 saturated carbocycles. The van der Waals surface area contributed by atoms with Crippen LogP contribution in [0.3, 0.4) is 0 Å². The fraction of sp³-hybridized carbons (Fsp3) is 0.316. The highest BCUT2D eigenvalue weighted by atomic mass is 35.5. The van der Waals surface area contributed by atoms with E-state index in [1.807, 2.05) is 42.5 Å². The molecule has 0 bridgehead atoms. The number of allylic oxidation sites excluding steroid dienone is 2. The molecule has 7 heteroatoms. The van der Waals surface area contributed by atoms with Crippen molar-refractivity contribution in [2.45, 2.75) is 6.54 Å². The number of aliphatic imine (C=N–C) groups is 1. The lowest BCUT2D eigenvalue weighted by atomic mass is 9.93. The molecule has 0 radical (unpaired) electrons. The average molecular weight is 388 g/mol. The van der Waals surface area contributed by atoms with Crippen LogP contribution in [-0.2, 0) is 16.1 Å². The standard InChI is InChI=1S/C19H18ClN3O2S/c20-16-4-2-1-3-13(16)12-23-18(24)15-11-14(22-7-9-25-10-8-22)5-6-17(15)21-19(23)26/h1-6,11,15H,7-10,12H2. The molecule has 0 spiro atoms. The number of halogens is 1. The lowest BCUT2D eigenvalue weighted by molar-refractivity contribution is -0.129. The third-order valence-corrected chi connectivity index (χ3v) is 5.41. The molecule has 1 aromatic carbocycles. The number of morpholine rings is 1. The summed E-state index contributed by atoms with van der Waals surface area (Å²) >= 11 is 11.6. The van der Waals surface area contributed by atoms with Crippen LogP contribution in [0.25, 0.3) is 0 Å². The number of thiocarbonyl (C=S) groups is 1. The molecule has 1 atom stereocenters. The summed E-state index contributed by atoms with van der Waals surface area (Å²) in [6.07, 6.45) is 5.88. The van der Waals surface area contributed by atoms with Crippen molar-refractivity contribution in [2.75, 3.05) is 26.3 Å². The van der Waals surface area contributed by atoms with E-state index in [0.717, 1.165) is 24.4 Å². The summed E-state index contributed by atoms with van der Waals surface area (Å²) in [7, 11) is 0. The van der Waals surface area contributed by atoms with Gasteiger partial charge in [-0.1, -0.05) is 29.8 Å². The minimum atomic E-state index is -0.410. The van der Waals surface area contributed by atoms with Gasteiger partial charge in [-0.15, -0.1) is 0 Å². The van der Waals surface area contributed by atoms with Crippen LogP contribution < -0.4 is 0 Å². The lowest BCUT2D eigenvalue weighted by Gasteiger charge is -2.35. The minimum absolute atomic E-state index is 0.0602. The highest BCUT2D eigenvalue weighted by molar-refractivity contribution is 7.80. The summed E-state index contributed by atoms with van der Waals surface area (Å²) in [6, 6.07) is 7.46. The first-order chi connectivity index (χ1) is 12.6. The third-order valence-electron chi connectivity index (χ3n) is 4.73. The van der Waals surface area contributed by atoms with E-state index >= 15 is 0 Å². The highest BCUT2D eigenvalue weighted by Gasteiger charge is 2.35. The molecule has 2 heterocycles. The number of carbonyl (C=O) groups is 1. The first kappa shape index (κ1) is 17.4. The van der Waals surface area contributed by atoms with Crippen LogP contribution >= 0.6 is 23.8 Å². The summed E-state index contributed by atoms with van der Waals surface area (Å²) in [5, 5.41) is 0.903. The van der Waals surface area contributed by atoms with Gasteiger partial charge in [-0.25, -0.2) is 4.99 Å². The van der Waals surface area contributed by atoms with E-state index in [-0.39, 0.29) is 11.0 Å². The van der Waals surface area contributed by atoms with Gasteiger partial charge in [0.1, 0.15) is 5.92 Å². The number of hydrogen-bond donors (Lipinski definition) is 0. The van der Waals surface area contributed by atoms with Crippen LogP contribution in [0.1, 0.15) is 5.56 Å². The highest BCUT2D eigenvalue weighted by Crippen LogP contribution is 2.27. The molecule has 1 aliphatic carbocycles. The first-order valence-corrected chi connectivity index (χ1v) is 9.32. The van der Waals surface area contributed by atoms with Crippen LogP contribution in [0.15, 0.2) is 53.2 Å². The van der Waals surface area contributed by atoms with Gasteiger partial charge in [0.2, 0.25) is 11.0 Å². The summed E-state index contributed by atoms with van der Waals surface area (Å²) in [5.41, 5.74) is 2.59. The molecule has 3 aliphatic rings. The van der Waals surface area contributed by atoms with Gasteiger partial charge < -0.3 is 9.64 Å². The van der Waals surface area contributed by atoms with Crippen LogP contribution in [0.4, 0.5) is 0 Å². The van der Waals surface area contributed by atoms with Gasteiger partial charge in [-0.3, -0.25) is 9.69 Å². The number of nitrogens with zero attached hydrogens (tertiary/aromatic N) is 3. The Morgan fingerprint density at radius 1 is 1.23 bits per heavy atom. The molecule has 4 rings (SSSR count). The molecular weight excluding hydrogens is 370 g/mol. The maximum absolute atomic E-state index is 13.1. The largest absolute Gasteiger partial charge is 0.378 e. The Kier molecular flexibility index (Phi) is 4.89. The van der Waals surface area contributed by atoms with Crippen LogP contribution in [0.2, 0.25) is 5.02 Å². The molecule has 0 N–H and O–H groups in total. The molecular formula is C19H18ClN3O2S. The van der Waals surface area contributed by atoms with Gasteiger partial charge in [0.25, 0.3) is 0 Å². The van der Waals surface area contributed by atoms with E-state index in [9.17, 15) is 4.79 Å². The molecule has 26 heavy (non-hydrogen) atoms. The number of carbonyl (C=O) groups excluding carboxylic acids is 1. The molecule has 2 aliphatic heterocycles. The van der Waals surface area contributed by atoms with Crippen molar-refractivity contribution >= 4 is 40.6 Å². The first-order valence-electron chi connectivity index (χ1n) is 8.53. The quantitative estimate of drug-likeness (QED) is 0.748. The van der Waals surface area contributed by atoms with Crippen LogP contribution in [0, 0.1) is 5.92 Å². The van der Waals surface area contributed by atoms with Crippen molar-refractivity contribution in [3.05, 3.63) is 58.8 Å². The van der Waals surface area contributed by atoms with Crippen molar-refractivity contribution in [2.24, 2.45) is 10.9 Å². The van der Waals surface area contributed by atoms with Gasteiger partial charge in [0.15, 0.2) is 0 Å². The van der Waals surface area contributed by atoms with E-state index in [1.165, 1.54) is 4.90 Å². The molecule has 134 valence electrons. The van der Waals surface area contributed by atoms with Crippen molar-refractivity contribution in [3.63, 3.8) is 0 Å². The van der Waals surface area contributed by atoms with E-state index in [1.54, 1.807) is 0 Å². The van der Waals surface area contributed by atoms with E-state index in [2.05, 4.69) is 9.89 Å². The Balaban J connectivity index is 1.59. The molecule has 1 saturated heterocycles. The Labute approximate surface area is 162 Å². The zero-order valence-electron chi connectivity index (χ0n) is 14.1. The number of rotatable bonds is 3. The summed E-state index contributed by atoms with van der Waals surface area (Å²) in [5.74, 6) is -0.470. The zero-order chi connectivity index (χ0) is 18.1. The number of ether oxygens (including phenoxy) is 1. The SMILES string of the molecule is O=C1C2C=C(N3CCOCC3)C=CC2=NC(=S)N1Cc1ccccc1Cl. The molecule has 1 unspecified atom stereocenters. The normalized spacial score (nSPS) is 22.9. The average Bonchev–Trinajstić information content (AvgIpc) is 2.67. The van der Waals surface area contributed by atoms with Gasteiger partial charge >= 0.3 is 0 Å². The van der Waals surface area contributed by atoms with Crippen molar-refractivity contribution < 1.29 is 9.53 Å². The number of fused-ring (bicyclic) bond motifs is 1. The maximum atomic E-state index is 13.1. The van der Waals surface area contributed by atoms with E-state index in [4.69, 9.17) is 28.6 Å². The number of amides is 1. The predicted molar refractivity (Wildman–Crippen MR) is 105 cm³/mol. The van der Waals surface area contributed by atoms with E-state index in [0.29, 0.717) is 30.5 Å². The van der Waals surface area contributed by atoms with Crippen molar-refractivity contribution in [1.82, 2.24) is 9.80 Å². The monoisotopic (exact) mass is 387 g/mol. The van der Waals surface area contributed by atoms with Crippen LogP contribution in [0.5, 0.6) is 0 Å². The minimum Gasteiger partial charge on any atom is -0.378 e. The van der Waals surface area contributed by atoms with Gasteiger partial charge in [-0.05, 0) is 42.1 Å². The topological polar surface area (TPSA) is 45.1 Å². The smallest absolute Gasteiger partial charge is 0.242 e. The predicted octanol–water partition coefficient (Wildman–Crippen LogP) is 2.81. The second kappa shape index (κ2) is 7.31. The Morgan fingerprint density at radius 2 is 2.00 bits per heavy atom. The molecule has 1 amide bonds. The summed E-state index contributed by atoms with van der Waals surface area (Å²) < 4.78 is 5.41. The lowest BCUT2D eigenvalue weighted by Crippen LogP contribution is -2.46. The fourth-order valence-electron chi connectivity index (χ4n) is 3.30. The Hall–Kier alpha value is -2.02. The van der Waals surface area contributed by atoms with Gasteiger partial charge in [0, 0.05) is 23.8 Å². The number of hydrogen-bond acceptors (Lipinski definition) is 4. The molecule has 1 fully saturated rings. The van der Waals surface area contributed by atoms with Crippen LogP contribution in [-0.4, -0.2) is 52.8 Å². The third kappa shape index (κ3) is 3.32. The van der Waals surface area contributed by atoms with E-state index < -0.39 is 5.92 Å². The summed E-state index contributed by atoms with van der Waals surface area (Å²) in [6.45, 7) is 3.38. The van der Waals surface area contributed by atoms with Crippen molar-refractivity contribution in [3.8, 4) is 0 Å². The molecule has 1 aromatic rings. The fourth-order valence-corrected chi connectivity index (χ4v) is 3.75. The second-order valence-electron chi connectivity index (χ2n) is 6.34. The second-order valence-corrected chi connectivity index (χ2v) is 7.11. The van der Waals surface area contributed by atoms with Gasteiger partial charge in [-0.2, -0.15) is 0 Å². The van der Waals surface area contributed by atoms with Gasteiger partial charge in [0.05, 0.1) is 25.5 Å².